The fourth-order valence-corrected chi connectivity index (χ4v) is 13.2. The van der Waals surface area contributed by atoms with E-state index in [1.54, 1.807) is 24.3 Å². The molecular formula is C68H30N4O8. The lowest BCUT2D eigenvalue weighted by molar-refractivity contribution is -0.136. The van der Waals surface area contributed by atoms with Crippen LogP contribution < -0.4 is 20.9 Å². The fourth-order valence-electron chi connectivity index (χ4n) is 13.2. The first-order valence-electron chi connectivity index (χ1n) is 25.4. The van der Waals surface area contributed by atoms with Crippen LogP contribution in [0.4, 0.5) is 0 Å². The van der Waals surface area contributed by atoms with Gasteiger partial charge in [-0.15, -0.1) is 22.9 Å². The van der Waals surface area contributed by atoms with Gasteiger partial charge in [-0.2, -0.15) is 0 Å². The van der Waals surface area contributed by atoms with Gasteiger partial charge in [0.15, 0.2) is 0 Å². The van der Waals surface area contributed by atoms with Crippen molar-refractivity contribution in [2.24, 2.45) is 0 Å². The Bertz CT molecular complexity index is 5140. The number of nitrogens with zero attached hydrogens (tertiary/aromatic N) is 2. The van der Waals surface area contributed by atoms with Gasteiger partial charge in [0.1, 0.15) is 22.3 Å². The molecule has 0 fully saturated rings. The van der Waals surface area contributed by atoms with E-state index in [1.165, 1.54) is 28.4 Å². The first-order chi connectivity index (χ1) is 39.2. The molecule has 5 aromatic heterocycles. The third-order valence-corrected chi connectivity index (χ3v) is 16.3. The zero-order valence-corrected chi connectivity index (χ0v) is 42.4. The second kappa shape index (κ2) is 15.1. The Hall–Kier alpha value is -11.4. The van der Waals surface area contributed by atoms with Gasteiger partial charge >= 0.3 is 23.9 Å². The molecule has 0 amide bonds. The van der Waals surface area contributed by atoms with E-state index in [0.29, 0.717) is 120 Å². The van der Waals surface area contributed by atoms with Crippen LogP contribution in [0.1, 0.15) is 44.5 Å². The molecule has 0 spiro atoms. The summed E-state index contributed by atoms with van der Waals surface area (Å²) < 4.78 is 21.5. The molecule has 9 aromatic rings. The van der Waals surface area contributed by atoms with Crippen LogP contribution in [0.3, 0.4) is 0 Å². The smallest absolute Gasteiger partial charge is 0.347 e. The van der Waals surface area contributed by atoms with Crippen molar-refractivity contribution in [3.8, 4) is 0 Å². The summed E-state index contributed by atoms with van der Waals surface area (Å²) in [7, 11) is 5.40. The quantitative estimate of drug-likeness (QED) is 0.0993. The lowest BCUT2D eigenvalue weighted by atomic mass is 9.92. The molecule has 8 bridgehead atoms. The van der Waals surface area contributed by atoms with Crippen molar-refractivity contribution in [3.63, 3.8) is 0 Å². The van der Waals surface area contributed by atoms with Crippen LogP contribution in [0.5, 0.6) is 0 Å². The highest BCUT2D eigenvalue weighted by molar-refractivity contribution is 6.28. The van der Waals surface area contributed by atoms with Gasteiger partial charge in [-0.1, -0.05) is 71.5 Å². The van der Waals surface area contributed by atoms with Gasteiger partial charge in [-0.25, -0.2) is 29.1 Å². The number of benzene rings is 4. The van der Waals surface area contributed by atoms with Crippen molar-refractivity contribution in [1.82, 2.24) is 19.9 Å². The number of rotatable bonds is 4. The summed E-state index contributed by atoms with van der Waals surface area (Å²) in [5.41, 5.74) is 41.3. The molecule has 17 rings (SSSR count). The van der Waals surface area contributed by atoms with Crippen molar-refractivity contribution in [1.29, 1.82) is 0 Å². The van der Waals surface area contributed by atoms with E-state index in [-0.39, 0.29) is 22.3 Å². The van der Waals surface area contributed by atoms with Gasteiger partial charge in [0.25, 0.3) is 0 Å². The van der Waals surface area contributed by atoms with E-state index in [1.807, 2.05) is 60.7 Å². The summed E-state index contributed by atoms with van der Waals surface area (Å²) in [4.78, 5) is 74.5. The Morgan fingerprint density at radius 3 is 1.01 bits per heavy atom. The number of carbonyl (C=O) groups excluding carboxylic acids is 4. The Kier molecular flexibility index (Phi) is 8.29. The Labute approximate surface area is 448 Å². The lowest BCUT2D eigenvalue weighted by Gasteiger charge is -2.10. The molecule has 4 aromatic carbocycles. The molecule has 0 saturated heterocycles. The monoisotopic (exact) mass is 1030 g/mol. The number of allylic oxidation sites excluding steroid dienone is 4. The maximum absolute atomic E-state index is 13.8. The third kappa shape index (κ3) is 5.29. The van der Waals surface area contributed by atoms with Crippen LogP contribution in [0.25, 0.3) is 157 Å². The van der Waals surface area contributed by atoms with Crippen LogP contribution >= 0.6 is 0 Å². The summed E-state index contributed by atoms with van der Waals surface area (Å²) in [6.45, 7) is 0. The molecule has 8 aliphatic carbocycles. The van der Waals surface area contributed by atoms with Gasteiger partial charge in [0.05, 0.1) is 61.5 Å². The molecule has 0 unspecified atom stereocenters. The van der Waals surface area contributed by atoms with Crippen LogP contribution in [0, 0.1) is 0 Å². The second-order valence-electron chi connectivity index (χ2n) is 20.1. The van der Waals surface area contributed by atoms with Crippen LogP contribution in [-0.4, -0.2) is 72.3 Å². The molecule has 0 atom stereocenters. The zero-order valence-electron chi connectivity index (χ0n) is 42.4. The van der Waals surface area contributed by atoms with Crippen LogP contribution in [-0.2, 0) is 38.1 Å². The van der Waals surface area contributed by atoms with Gasteiger partial charge in [-0.05, 0) is 70.8 Å². The normalized spacial score (nSPS) is 15.4. The predicted molar refractivity (Wildman–Crippen MR) is 307 cm³/mol. The number of nitrogens with one attached hydrogen (secondary N) is 2. The van der Waals surface area contributed by atoms with Gasteiger partial charge < -0.3 is 28.9 Å². The average Bonchev–Trinajstić information content (AvgIpc) is 4.09. The predicted octanol–water partition coefficient (Wildman–Crippen LogP) is 8.59. The van der Waals surface area contributed by atoms with Gasteiger partial charge in [-0.3, -0.25) is 0 Å². The highest BCUT2D eigenvalue weighted by Crippen LogP contribution is 2.45. The molecule has 12 nitrogen and oxygen atoms in total. The largest absolute Gasteiger partial charge is 0.465 e. The number of carbonyl (C=O) groups is 4. The summed E-state index contributed by atoms with van der Waals surface area (Å²) in [5, 5.41) is 8.33. The topological polar surface area (TPSA) is 163 Å². The molecular weight excluding hydrogens is 1000 g/mol. The molecule has 2 N–H and O–H groups in total. The van der Waals surface area contributed by atoms with E-state index < -0.39 is 23.9 Å². The highest BCUT2D eigenvalue weighted by atomic mass is 16.5. The number of hydrogen-bond donors (Lipinski definition) is 2. The highest BCUT2D eigenvalue weighted by Gasteiger charge is 2.35. The number of ether oxygens (including phenoxy) is 4. The molecule has 80 heavy (non-hydrogen) atoms. The first-order valence-corrected chi connectivity index (χ1v) is 25.4. The Morgan fingerprint density at radius 1 is 0.400 bits per heavy atom. The number of fused-ring (bicyclic) bond motifs is 16. The van der Waals surface area contributed by atoms with Crippen LogP contribution in [0.15, 0.2) is 118 Å². The number of aromatic amines is 2. The first kappa shape index (κ1) is 43.8. The molecule has 0 saturated carbocycles. The summed E-state index contributed by atoms with van der Waals surface area (Å²) in [5.74, 6) is -2.26. The maximum Gasteiger partial charge on any atom is 0.347 e. The van der Waals surface area contributed by atoms with Crippen molar-refractivity contribution in [2.45, 2.75) is 0 Å². The molecule has 0 radical (unpaired) electrons. The van der Waals surface area contributed by atoms with Crippen molar-refractivity contribution in [2.75, 3.05) is 28.4 Å². The van der Waals surface area contributed by atoms with Crippen molar-refractivity contribution in [3.05, 3.63) is 183 Å². The second-order valence-corrected chi connectivity index (χ2v) is 20.1. The van der Waals surface area contributed by atoms with E-state index in [0.717, 1.165) is 55.3 Å². The molecule has 370 valence electrons. The Balaban J connectivity index is 1.21. The third-order valence-electron chi connectivity index (χ3n) is 16.3. The standard InChI is InChI=1S/C68H30N4O8/c1-77-65(73)45-21-37-41-25-49-58-34-18-10-6-14-30-47(67(75)79-3)23-39(54(30)34)43-27-52(71-62(43)58)60-36-20-12-8-16-32-48(68(76)80-4)24-40(56(32)36)44-28-51(72-64(44)60)59-35-19-11-7-15-31-46(66(74)78-2)22-38(55(31)35)42-26-50(70-63(42)59)57(61(41)69-49)33-17-9-5-13-29(45)53(33)37/h5-12,17-20,25-28,69,72H,1-4H3. The summed E-state index contributed by atoms with van der Waals surface area (Å²) >= 11 is 0. The lowest BCUT2D eigenvalue weighted by Crippen LogP contribution is -2.09. The number of H-pyrrole nitrogens is 2. The van der Waals surface area contributed by atoms with Gasteiger partial charge in [0, 0.05) is 120 Å². The van der Waals surface area contributed by atoms with E-state index in [9.17, 15) is 19.2 Å². The summed E-state index contributed by atoms with van der Waals surface area (Å²) in [6.07, 6.45) is 22.7. The van der Waals surface area contributed by atoms with E-state index in [4.69, 9.17) is 28.9 Å². The number of hydrogen-bond acceptors (Lipinski definition) is 10. The number of methoxy groups -OCH3 is 4. The molecule has 0 aliphatic heterocycles. The van der Waals surface area contributed by atoms with Crippen LogP contribution in [0.2, 0.25) is 0 Å². The van der Waals surface area contributed by atoms with Crippen molar-refractivity contribution >= 4 is 181 Å². The summed E-state index contributed by atoms with van der Waals surface area (Å²) in [6, 6.07) is 8.20. The minimum absolute atomic E-state index is 0.227. The van der Waals surface area contributed by atoms with E-state index >= 15 is 0 Å². The minimum atomic E-state index is -0.564. The minimum Gasteiger partial charge on any atom is -0.465 e. The van der Waals surface area contributed by atoms with Gasteiger partial charge in [0.2, 0.25) is 0 Å². The van der Waals surface area contributed by atoms with E-state index in [2.05, 4.69) is 68.0 Å². The Morgan fingerprint density at radius 2 is 0.700 bits per heavy atom. The maximum atomic E-state index is 13.8. The average molecular weight is 1030 g/mol. The van der Waals surface area contributed by atoms with Crippen molar-refractivity contribution < 1.29 is 38.1 Å². The molecule has 5 heterocycles. The number of esters is 4. The fraction of sp³-hybridized carbons (Fsp3) is 0.0588. The molecule has 12 heteroatoms. The SMILES string of the molecule is COC(=O)C1=C=c2c3c(c4c5cc6c7c8c(c(c9cc%10c%11c%12c(c(c%13cc%14c%15c%16c(c(c%17cc2c4n%17)c%14[nH]%13)C=CC=C=C%16C(C(=O)OC)=C=%15)c%10n9)C=CC=C=C%12C(C(=O)OC)=C=%11)c6[nH]5)C=CC=C=C8C(C(=O)OC)=C=7)C=CC=C=C13. The number of aromatic nitrogens is 4. The zero-order chi connectivity index (χ0) is 53.7. The molecule has 8 aliphatic rings.